The molecule has 2 N–H and O–H groups in total. The van der Waals surface area contributed by atoms with Gasteiger partial charge in [-0.25, -0.2) is 0 Å². The number of rotatable bonds is 5. The number of nitrogens with zero attached hydrogens (tertiary/aromatic N) is 1. The van der Waals surface area contributed by atoms with Crippen LogP contribution in [-0.2, 0) is 13.0 Å². The Hall–Kier alpha value is -1.03. The Bertz CT molecular complexity index is 586. The molecule has 0 unspecified atom stereocenters. The molecule has 20 heavy (non-hydrogen) atoms. The zero-order valence-corrected chi connectivity index (χ0v) is 13.8. The monoisotopic (exact) mass is 352 g/mol. The van der Waals surface area contributed by atoms with Gasteiger partial charge in [0.1, 0.15) is 0 Å². The third-order valence-electron chi connectivity index (χ3n) is 3.24. The fourth-order valence-corrected chi connectivity index (χ4v) is 2.77. The highest BCUT2D eigenvalue weighted by molar-refractivity contribution is 9.10. The van der Waals surface area contributed by atoms with Gasteiger partial charge in [0, 0.05) is 28.8 Å². The minimum absolute atomic E-state index is 0.647. The van der Waals surface area contributed by atoms with Crippen molar-refractivity contribution in [2.24, 2.45) is 5.73 Å². The Labute approximate surface area is 133 Å². The van der Waals surface area contributed by atoms with E-state index in [0.29, 0.717) is 6.54 Å². The van der Waals surface area contributed by atoms with Gasteiger partial charge < -0.3 is 10.6 Å². The van der Waals surface area contributed by atoms with Gasteiger partial charge in [-0.05, 0) is 42.3 Å². The maximum absolute atomic E-state index is 6.23. The Balaban J connectivity index is 2.26. The summed E-state index contributed by atoms with van der Waals surface area (Å²) in [6.45, 7) is 1.42. The Kier molecular flexibility index (Phi) is 5.46. The largest absolute Gasteiger partial charge is 0.370 e. The van der Waals surface area contributed by atoms with Crippen LogP contribution in [-0.4, -0.2) is 13.6 Å². The van der Waals surface area contributed by atoms with Crippen LogP contribution in [0, 0.1) is 0 Å². The zero-order chi connectivity index (χ0) is 14.5. The van der Waals surface area contributed by atoms with Crippen LogP contribution in [0.2, 0.25) is 5.02 Å². The highest BCUT2D eigenvalue weighted by Crippen LogP contribution is 2.27. The van der Waals surface area contributed by atoms with Crippen molar-refractivity contribution in [3.63, 3.8) is 0 Å². The molecule has 2 aromatic carbocycles. The molecule has 0 atom stereocenters. The summed E-state index contributed by atoms with van der Waals surface area (Å²) in [6, 6.07) is 14.2. The number of nitrogens with two attached hydrogens (primary N) is 1. The van der Waals surface area contributed by atoms with E-state index < -0.39 is 0 Å². The van der Waals surface area contributed by atoms with Gasteiger partial charge in [-0.15, -0.1) is 0 Å². The summed E-state index contributed by atoms with van der Waals surface area (Å²) in [4.78, 5) is 2.21. The van der Waals surface area contributed by atoms with E-state index >= 15 is 0 Å². The van der Waals surface area contributed by atoms with E-state index in [1.165, 1.54) is 11.3 Å². The lowest BCUT2D eigenvalue weighted by molar-refractivity contribution is 0.892. The molecule has 106 valence electrons. The number of hydrogen-bond acceptors (Lipinski definition) is 2. The van der Waals surface area contributed by atoms with Crippen molar-refractivity contribution in [3.8, 4) is 0 Å². The number of benzene rings is 2. The van der Waals surface area contributed by atoms with Gasteiger partial charge >= 0.3 is 0 Å². The molecule has 2 rings (SSSR count). The molecule has 0 saturated carbocycles. The first kappa shape index (κ1) is 15.4. The van der Waals surface area contributed by atoms with Crippen LogP contribution in [0.25, 0.3) is 0 Å². The summed E-state index contributed by atoms with van der Waals surface area (Å²) in [5, 5.41) is 0.801. The molecule has 0 aliphatic heterocycles. The number of anilines is 1. The average Bonchev–Trinajstić information content (AvgIpc) is 2.43. The minimum atomic E-state index is 0.647. The molecule has 2 nitrogen and oxygen atoms in total. The molecule has 2 aromatic rings. The molecule has 0 amide bonds. The summed E-state index contributed by atoms with van der Waals surface area (Å²) >= 11 is 9.76. The van der Waals surface area contributed by atoms with Crippen LogP contribution in [0.5, 0.6) is 0 Å². The third-order valence-corrected chi connectivity index (χ3v) is 4.10. The first-order valence-electron chi connectivity index (χ1n) is 6.55. The number of halogens is 2. The Morgan fingerprint density at radius 2 is 1.90 bits per heavy atom. The summed E-state index contributed by atoms with van der Waals surface area (Å²) in [5.74, 6) is 0. The lowest BCUT2D eigenvalue weighted by Gasteiger charge is -2.23. The van der Waals surface area contributed by atoms with Crippen molar-refractivity contribution in [1.82, 2.24) is 0 Å². The van der Waals surface area contributed by atoms with E-state index in [2.05, 4.69) is 52.1 Å². The second kappa shape index (κ2) is 7.11. The first-order valence-corrected chi connectivity index (χ1v) is 7.72. The Morgan fingerprint density at radius 1 is 1.15 bits per heavy atom. The van der Waals surface area contributed by atoms with Crippen LogP contribution < -0.4 is 10.6 Å². The van der Waals surface area contributed by atoms with E-state index in [0.717, 1.165) is 28.0 Å². The van der Waals surface area contributed by atoms with E-state index in [9.17, 15) is 0 Å². The maximum Gasteiger partial charge on any atom is 0.0455 e. The van der Waals surface area contributed by atoms with Crippen LogP contribution in [0.1, 0.15) is 11.1 Å². The van der Waals surface area contributed by atoms with Gasteiger partial charge in [0.2, 0.25) is 0 Å². The van der Waals surface area contributed by atoms with Gasteiger partial charge in [-0.1, -0.05) is 51.8 Å². The molecule has 0 aliphatic rings. The SMILES string of the molecule is CN(Cc1ccccc1Cl)c1cc(Br)ccc1CCN. The average molecular weight is 354 g/mol. The zero-order valence-electron chi connectivity index (χ0n) is 11.4. The van der Waals surface area contributed by atoms with Crippen LogP contribution in [0.3, 0.4) is 0 Å². The normalized spacial score (nSPS) is 10.6. The molecule has 0 radical (unpaired) electrons. The number of hydrogen-bond donors (Lipinski definition) is 1. The first-order chi connectivity index (χ1) is 9.61. The standard InChI is InChI=1S/C16H18BrClN2/c1-20(11-13-4-2-3-5-15(13)18)16-10-14(17)7-6-12(16)8-9-19/h2-7,10H,8-9,11,19H2,1H3. The summed E-state index contributed by atoms with van der Waals surface area (Å²) in [7, 11) is 2.07. The van der Waals surface area contributed by atoms with Crippen molar-refractivity contribution < 1.29 is 0 Å². The fourth-order valence-electron chi connectivity index (χ4n) is 2.23. The molecular formula is C16H18BrClN2. The van der Waals surface area contributed by atoms with Gasteiger partial charge in [-0.3, -0.25) is 0 Å². The second-order valence-electron chi connectivity index (χ2n) is 4.76. The van der Waals surface area contributed by atoms with E-state index in [1.807, 2.05) is 18.2 Å². The molecule has 4 heteroatoms. The lowest BCUT2D eigenvalue weighted by Crippen LogP contribution is -2.19. The lowest BCUT2D eigenvalue weighted by atomic mass is 10.1. The summed E-state index contributed by atoms with van der Waals surface area (Å²) < 4.78 is 1.07. The van der Waals surface area contributed by atoms with Crippen LogP contribution in [0.4, 0.5) is 5.69 Å². The van der Waals surface area contributed by atoms with E-state index in [-0.39, 0.29) is 0 Å². The molecule has 0 saturated heterocycles. The highest BCUT2D eigenvalue weighted by Gasteiger charge is 2.10. The van der Waals surface area contributed by atoms with Crippen molar-refractivity contribution >= 4 is 33.2 Å². The van der Waals surface area contributed by atoms with Crippen molar-refractivity contribution in [2.45, 2.75) is 13.0 Å². The van der Waals surface area contributed by atoms with Crippen molar-refractivity contribution in [1.29, 1.82) is 0 Å². The summed E-state index contributed by atoms with van der Waals surface area (Å²) in [5.41, 5.74) is 9.25. The molecule has 0 spiro atoms. The smallest absolute Gasteiger partial charge is 0.0455 e. The minimum Gasteiger partial charge on any atom is -0.370 e. The predicted molar refractivity (Wildman–Crippen MR) is 90.5 cm³/mol. The molecule has 0 bridgehead atoms. The van der Waals surface area contributed by atoms with Crippen LogP contribution in [0.15, 0.2) is 46.9 Å². The molecule has 0 aliphatic carbocycles. The fraction of sp³-hybridized carbons (Fsp3) is 0.250. The predicted octanol–water partition coefficient (Wildman–Crippen LogP) is 4.24. The van der Waals surface area contributed by atoms with Crippen molar-refractivity contribution in [3.05, 3.63) is 63.1 Å². The van der Waals surface area contributed by atoms with E-state index in [1.54, 1.807) is 0 Å². The highest BCUT2D eigenvalue weighted by atomic mass is 79.9. The molecule has 0 fully saturated rings. The molecule has 0 aromatic heterocycles. The maximum atomic E-state index is 6.23. The second-order valence-corrected chi connectivity index (χ2v) is 6.08. The van der Waals surface area contributed by atoms with Gasteiger partial charge in [0.05, 0.1) is 0 Å². The van der Waals surface area contributed by atoms with E-state index in [4.69, 9.17) is 17.3 Å². The third kappa shape index (κ3) is 3.75. The van der Waals surface area contributed by atoms with Crippen molar-refractivity contribution in [2.75, 3.05) is 18.5 Å². The topological polar surface area (TPSA) is 29.3 Å². The quantitative estimate of drug-likeness (QED) is 0.871. The van der Waals surface area contributed by atoms with Gasteiger partial charge in [0.25, 0.3) is 0 Å². The Morgan fingerprint density at radius 3 is 2.60 bits per heavy atom. The molecule has 0 heterocycles. The molecular weight excluding hydrogens is 336 g/mol. The van der Waals surface area contributed by atoms with Crippen LogP contribution >= 0.6 is 27.5 Å². The van der Waals surface area contributed by atoms with Gasteiger partial charge in [-0.2, -0.15) is 0 Å². The summed E-state index contributed by atoms with van der Waals surface area (Å²) in [6.07, 6.45) is 0.871. The van der Waals surface area contributed by atoms with Gasteiger partial charge in [0.15, 0.2) is 0 Å².